The SMILES string of the molecule is Cn1nncc1[S]. The van der Waals surface area contributed by atoms with Gasteiger partial charge in [0.25, 0.3) is 0 Å². The van der Waals surface area contributed by atoms with Crippen LogP contribution in [0.15, 0.2) is 11.2 Å². The van der Waals surface area contributed by atoms with Gasteiger partial charge in [-0.15, -0.1) is 5.10 Å². The number of hydrogen-bond acceptors (Lipinski definition) is 2. The smallest absolute Gasteiger partial charge is 0.144 e. The Morgan fingerprint density at radius 3 is 2.71 bits per heavy atom. The highest BCUT2D eigenvalue weighted by Crippen LogP contribution is 1.95. The monoisotopic (exact) mass is 114 g/mol. The summed E-state index contributed by atoms with van der Waals surface area (Å²) < 4.78 is 1.54. The van der Waals surface area contributed by atoms with Crippen LogP contribution in [0.25, 0.3) is 0 Å². The van der Waals surface area contributed by atoms with Crippen molar-refractivity contribution in [2.45, 2.75) is 5.03 Å². The summed E-state index contributed by atoms with van der Waals surface area (Å²) in [6, 6.07) is 0. The number of aryl methyl sites for hydroxylation is 1. The molecule has 0 bridgehead atoms. The molecule has 1 heterocycles. The number of aromatic nitrogens is 3. The number of hydrogen-bond donors (Lipinski definition) is 0. The van der Waals surface area contributed by atoms with Crippen LogP contribution < -0.4 is 0 Å². The lowest BCUT2D eigenvalue weighted by Gasteiger charge is -1.81. The molecular formula is C3H4N3S. The minimum atomic E-state index is 0.667. The van der Waals surface area contributed by atoms with Crippen molar-refractivity contribution in [1.29, 1.82) is 0 Å². The Hall–Kier alpha value is -0.640. The van der Waals surface area contributed by atoms with E-state index in [2.05, 4.69) is 10.3 Å². The topological polar surface area (TPSA) is 30.7 Å². The molecule has 37 valence electrons. The Morgan fingerprint density at radius 1 is 1.86 bits per heavy atom. The van der Waals surface area contributed by atoms with Gasteiger partial charge in [0.05, 0.1) is 6.20 Å². The van der Waals surface area contributed by atoms with Crippen LogP contribution in [0.2, 0.25) is 0 Å². The zero-order valence-corrected chi connectivity index (χ0v) is 4.64. The van der Waals surface area contributed by atoms with Gasteiger partial charge in [0.1, 0.15) is 5.03 Å². The molecule has 0 aliphatic rings. The van der Waals surface area contributed by atoms with E-state index in [9.17, 15) is 0 Å². The third-order valence-electron chi connectivity index (χ3n) is 0.673. The quantitative estimate of drug-likeness (QED) is 0.488. The van der Waals surface area contributed by atoms with E-state index in [-0.39, 0.29) is 0 Å². The van der Waals surface area contributed by atoms with Crippen molar-refractivity contribution in [3.63, 3.8) is 0 Å². The van der Waals surface area contributed by atoms with Crippen LogP contribution in [0, 0.1) is 0 Å². The zero-order chi connectivity index (χ0) is 5.28. The standard InChI is InChI=1S/C3H4N3S/c1-6-3(7)2-4-5-6/h2H,1H3. The van der Waals surface area contributed by atoms with E-state index in [0.717, 1.165) is 0 Å². The molecule has 0 aromatic carbocycles. The summed E-state index contributed by atoms with van der Waals surface area (Å²) in [5.74, 6) is 0. The molecule has 3 nitrogen and oxygen atoms in total. The van der Waals surface area contributed by atoms with Crippen LogP contribution in [-0.2, 0) is 7.05 Å². The van der Waals surface area contributed by atoms with Gasteiger partial charge in [-0.3, -0.25) is 0 Å². The fourth-order valence-electron chi connectivity index (χ4n) is 0.280. The van der Waals surface area contributed by atoms with E-state index in [0.29, 0.717) is 5.03 Å². The van der Waals surface area contributed by atoms with Crippen molar-refractivity contribution < 1.29 is 0 Å². The number of nitrogens with zero attached hydrogens (tertiary/aromatic N) is 3. The maximum absolute atomic E-state index is 4.72. The maximum atomic E-state index is 4.72. The highest BCUT2D eigenvalue weighted by Gasteiger charge is 1.88. The molecule has 0 spiro atoms. The van der Waals surface area contributed by atoms with E-state index >= 15 is 0 Å². The summed E-state index contributed by atoms with van der Waals surface area (Å²) in [5, 5.41) is 7.78. The Balaban J connectivity index is 3.12. The second-order valence-corrected chi connectivity index (χ2v) is 1.61. The minimum absolute atomic E-state index is 0.667. The normalized spacial score (nSPS) is 9.29. The van der Waals surface area contributed by atoms with Gasteiger partial charge in [-0.2, -0.15) is 0 Å². The Morgan fingerprint density at radius 2 is 2.57 bits per heavy atom. The molecule has 1 radical (unpaired) electrons. The molecule has 1 aromatic rings. The van der Waals surface area contributed by atoms with Crippen molar-refractivity contribution >= 4 is 12.6 Å². The minimum Gasteiger partial charge on any atom is -0.237 e. The Bertz CT molecular complexity index is 142. The van der Waals surface area contributed by atoms with E-state index in [4.69, 9.17) is 12.6 Å². The maximum Gasteiger partial charge on any atom is 0.144 e. The third kappa shape index (κ3) is 0.691. The van der Waals surface area contributed by atoms with E-state index < -0.39 is 0 Å². The molecule has 0 amide bonds. The average Bonchev–Trinajstić information content (AvgIpc) is 1.91. The van der Waals surface area contributed by atoms with Crippen LogP contribution >= 0.6 is 12.6 Å². The van der Waals surface area contributed by atoms with Gasteiger partial charge in [-0.25, -0.2) is 4.68 Å². The molecule has 0 saturated carbocycles. The van der Waals surface area contributed by atoms with E-state index in [1.807, 2.05) is 0 Å². The molecule has 0 aliphatic carbocycles. The van der Waals surface area contributed by atoms with Gasteiger partial charge in [-0.1, -0.05) is 17.8 Å². The van der Waals surface area contributed by atoms with Crippen LogP contribution in [0.5, 0.6) is 0 Å². The molecule has 7 heavy (non-hydrogen) atoms. The Kier molecular flexibility index (Phi) is 0.941. The molecule has 0 fully saturated rings. The first-order valence-corrected chi connectivity index (χ1v) is 2.23. The summed E-state index contributed by atoms with van der Waals surface area (Å²) in [4.78, 5) is 0. The molecule has 0 atom stereocenters. The van der Waals surface area contributed by atoms with Gasteiger partial charge in [-0.05, 0) is 0 Å². The van der Waals surface area contributed by atoms with Crippen LogP contribution in [0.1, 0.15) is 0 Å². The molecule has 0 unspecified atom stereocenters. The van der Waals surface area contributed by atoms with Crippen LogP contribution in [-0.4, -0.2) is 15.0 Å². The first-order chi connectivity index (χ1) is 3.30. The fraction of sp³-hybridized carbons (Fsp3) is 0.333. The summed E-state index contributed by atoms with van der Waals surface area (Å²) in [5.41, 5.74) is 0. The predicted octanol–water partition coefficient (Wildman–Crippen LogP) is 0.371. The van der Waals surface area contributed by atoms with Gasteiger partial charge in [0, 0.05) is 7.05 Å². The first-order valence-electron chi connectivity index (χ1n) is 1.82. The van der Waals surface area contributed by atoms with E-state index in [1.54, 1.807) is 7.05 Å². The second-order valence-electron chi connectivity index (χ2n) is 1.20. The zero-order valence-electron chi connectivity index (χ0n) is 3.83. The third-order valence-corrected chi connectivity index (χ3v) is 1.04. The predicted molar refractivity (Wildman–Crippen MR) is 26.9 cm³/mol. The average molecular weight is 114 g/mol. The first kappa shape index (κ1) is 4.52. The highest BCUT2D eigenvalue weighted by molar-refractivity contribution is 7.80. The largest absolute Gasteiger partial charge is 0.237 e. The van der Waals surface area contributed by atoms with Gasteiger partial charge >= 0.3 is 0 Å². The molecule has 0 N–H and O–H groups in total. The second kappa shape index (κ2) is 1.46. The van der Waals surface area contributed by atoms with Crippen LogP contribution in [0.4, 0.5) is 0 Å². The summed E-state index contributed by atoms with van der Waals surface area (Å²) >= 11 is 4.72. The highest BCUT2D eigenvalue weighted by atomic mass is 32.1. The number of rotatable bonds is 0. The fourth-order valence-corrected chi connectivity index (χ4v) is 0.364. The lowest BCUT2D eigenvalue weighted by Crippen LogP contribution is -1.89. The molecule has 4 heteroatoms. The lowest BCUT2D eigenvalue weighted by molar-refractivity contribution is 0.667. The summed E-state index contributed by atoms with van der Waals surface area (Å²) in [6.07, 6.45) is 1.54. The summed E-state index contributed by atoms with van der Waals surface area (Å²) in [6.45, 7) is 0. The summed E-state index contributed by atoms with van der Waals surface area (Å²) in [7, 11) is 1.76. The van der Waals surface area contributed by atoms with Crippen molar-refractivity contribution in [3.8, 4) is 0 Å². The van der Waals surface area contributed by atoms with Crippen molar-refractivity contribution in [2.24, 2.45) is 7.05 Å². The lowest BCUT2D eigenvalue weighted by atomic mass is 10.9. The van der Waals surface area contributed by atoms with Crippen molar-refractivity contribution in [3.05, 3.63) is 6.20 Å². The van der Waals surface area contributed by atoms with E-state index in [1.165, 1.54) is 10.9 Å². The van der Waals surface area contributed by atoms with Gasteiger partial charge in [0.15, 0.2) is 0 Å². The molecule has 1 aromatic heterocycles. The van der Waals surface area contributed by atoms with Crippen molar-refractivity contribution in [1.82, 2.24) is 15.0 Å². The molecule has 1 rings (SSSR count). The molecular weight excluding hydrogens is 110 g/mol. The van der Waals surface area contributed by atoms with Gasteiger partial charge in [0.2, 0.25) is 0 Å². The van der Waals surface area contributed by atoms with Crippen LogP contribution in [0.3, 0.4) is 0 Å². The van der Waals surface area contributed by atoms with Gasteiger partial charge < -0.3 is 0 Å². The Labute approximate surface area is 46.7 Å². The molecule has 0 aliphatic heterocycles. The molecule has 0 saturated heterocycles. The van der Waals surface area contributed by atoms with Crippen molar-refractivity contribution in [2.75, 3.05) is 0 Å².